The van der Waals surface area contributed by atoms with E-state index in [1.165, 1.54) is 24.1 Å². The lowest BCUT2D eigenvalue weighted by atomic mass is 9.96. The van der Waals surface area contributed by atoms with E-state index in [-0.39, 0.29) is 0 Å². The van der Waals surface area contributed by atoms with Gasteiger partial charge >= 0.3 is 0 Å². The summed E-state index contributed by atoms with van der Waals surface area (Å²) in [6, 6.07) is 4.69. The van der Waals surface area contributed by atoms with E-state index in [1.54, 1.807) is 0 Å². The fourth-order valence-electron chi connectivity index (χ4n) is 4.75. The lowest BCUT2D eigenvalue weighted by Gasteiger charge is -2.39. The van der Waals surface area contributed by atoms with Gasteiger partial charge < -0.3 is 19.4 Å². The molecule has 0 N–H and O–H groups in total. The minimum atomic E-state index is 0.393. The van der Waals surface area contributed by atoms with E-state index in [0.717, 1.165) is 82.7 Å². The van der Waals surface area contributed by atoms with E-state index in [0.29, 0.717) is 6.04 Å². The fourth-order valence-corrected chi connectivity index (χ4v) is 4.75. The van der Waals surface area contributed by atoms with Gasteiger partial charge in [0.25, 0.3) is 0 Å². The lowest BCUT2D eigenvalue weighted by Crippen LogP contribution is -2.47. The number of rotatable bonds is 4. The van der Waals surface area contributed by atoms with Crippen LogP contribution in [0.4, 0.5) is 17.6 Å². The Balaban J connectivity index is 1.30. The van der Waals surface area contributed by atoms with Crippen molar-refractivity contribution in [3.05, 3.63) is 29.6 Å². The highest BCUT2D eigenvalue weighted by Crippen LogP contribution is 2.27. The molecule has 1 atom stereocenters. The van der Waals surface area contributed by atoms with Crippen molar-refractivity contribution >= 4 is 17.6 Å². The van der Waals surface area contributed by atoms with Crippen LogP contribution in [0.2, 0.25) is 0 Å². The smallest absolute Gasteiger partial charge is 0.227 e. The molecule has 0 saturated carbocycles. The van der Waals surface area contributed by atoms with Crippen LogP contribution in [0.1, 0.15) is 36.9 Å². The Kier molecular flexibility index (Phi) is 5.66. The first-order chi connectivity index (χ1) is 14.8. The molecule has 2 aliphatic heterocycles. The number of ether oxygens (including phenoxy) is 1. The predicted molar refractivity (Wildman–Crippen MR) is 117 cm³/mol. The Morgan fingerprint density at radius 3 is 2.80 bits per heavy atom. The molecule has 4 heterocycles. The Hall–Kier alpha value is -2.48. The third-order valence-electron chi connectivity index (χ3n) is 6.61. The first-order valence-electron chi connectivity index (χ1n) is 11.3. The summed E-state index contributed by atoms with van der Waals surface area (Å²) in [6.45, 7) is 5.16. The van der Waals surface area contributed by atoms with Crippen molar-refractivity contribution in [3.8, 4) is 0 Å². The molecular weight excluding hydrogens is 378 g/mol. The van der Waals surface area contributed by atoms with Crippen molar-refractivity contribution < 1.29 is 4.74 Å². The average molecular weight is 410 g/mol. The second-order valence-electron chi connectivity index (χ2n) is 8.55. The highest BCUT2D eigenvalue weighted by atomic mass is 16.5. The van der Waals surface area contributed by atoms with E-state index < -0.39 is 0 Å². The van der Waals surface area contributed by atoms with Crippen molar-refractivity contribution in [2.75, 3.05) is 61.1 Å². The number of aromatic nitrogens is 4. The molecule has 8 heteroatoms. The quantitative estimate of drug-likeness (QED) is 0.760. The van der Waals surface area contributed by atoms with Crippen LogP contribution in [0, 0.1) is 0 Å². The molecule has 0 aromatic carbocycles. The van der Waals surface area contributed by atoms with Gasteiger partial charge in [0, 0.05) is 45.5 Å². The molecule has 0 radical (unpaired) electrons. The summed E-state index contributed by atoms with van der Waals surface area (Å²) in [6.07, 6.45) is 8.90. The maximum atomic E-state index is 5.46. The number of piperidine rings is 1. The van der Waals surface area contributed by atoms with Gasteiger partial charge in [-0.1, -0.05) is 0 Å². The van der Waals surface area contributed by atoms with Crippen LogP contribution in [-0.4, -0.2) is 72.6 Å². The molecule has 0 bridgehead atoms. The number of morpholine rings is 1. The first kappa shape index (κ1) is 19.5. The van der Waals surface area contributed by atoms with Crippen LogP contribution in [0.3, 0.4) is 0 Å². The lowest BCUT2D eigenvalue weighted by molar-refractivity contribution is 0.122. The van der Waals surface area contributed by atoms with Crippen LogP contribution in [0.5, 0.6) is 0 Å². The van der Waals surface area contributed by atoms with E-state index in [4.69, 9.17) is 9.72 Å². The van der Waals surface area contributed by atoms with Gasteiger partial charge in [-0.2, -0.15) is 10.1 Å². The van der Waals surface area contributed by atoms with Crippen LogP contribution in [0.25, 0.3) is 0 Å². The Morgan fingerprint density at radius 1 is 1.03 bits per heavy atom. The molecule has 1 aliphatic carbocycles. The monoisotopic (exact) mass is 409 g/mol. The molecule has 1 unspecified atom stereocenters. The summed E-state index contributed by atoms with van der Waals surface area (Å²) in [4.78, 5) is 16.3. The summed E-state index contributed by atoms with van der Waals surface area (Å²) >= 11 is 0. The van der Waals surface area contributed by atoms with Gasteiger partial charge in [0.15, 0.2) is 5.82 Å². The maximum absolute atomic E-state index is 5.46. The summed E-state index contributed by atoms with van der Waals surface area (Å²) in [7, 11) is 2.15. The topological polar surface area (TPSA) is 70.5 Å². The number of fused-ring (bicyclic) bond motifs is 1. The van der Waals surface area contributed by atoms with Crippen LogP contribution in [-0.2, 0) is 17.6 Å². The van der Waals surface area contributed by atoms with E-state index in [2.05, 4.69) is 43.0 Å². The summed E-state index contributed by atoms with van der Waals surface area (Å²) in [5.41, 5.74) is 2.60. The van der Waals surface area contributed by atoms with Crippen LogP contribution in [0.15, 0.2) is 18.3 Å². The molecule has 0 amide bonds. The van der Waals surface area contributed by atoms with E-state index in [1.807, 2.05) is 12.3 Å². The SMILES string of the molecule is CN(c1ccnc(N2CCOCC2)n1)C1CCCN(c2cc3c(nn2)CCCC3)C1. The summed E-state index contributed by atoms with van der Waals surface area (Å²) < 4.78 is 5.46. The van der Waals surface area contributed by atoms with Crippen molar-refractivity contribution in [2.24, 2.45) is 0 Å². The standard InChI is InChI=1S/C22H31N7O/c1-27(20-8-9-23-22(24-20)28-11-13-30-14-12-28)18-6-4-10-29(16-18)21-15-17-5-2-3-7-19(17)25-26-21/h8-9,15,18H,2-7,10-14,16H2,1H3. The molecule has 5 rings (SSSR count). The molecule has 160 valence electrons. The van der Waals surface area contributed by atoms with Crippen LogP contribution < -0.4 is 14.7 Å². The zero-order valence-electron chi connectivity index (χ0n) is 17.8. The minimum absolute atomic E-state index is 0.393. The van der Waals surface area contributed by atoms with Gasteiger partial charge in [0.1, 0.15) is 5.82 Å². The Labute approximate surface area is 178 Å². The second-order valence-corrected chi connectivity index (χ2v) is 8.55. The van der Waals surface area contributed by atoms with E-state index >= 15 is 0 Å². The van der Waals surface area contributed by atoms with Gasteiger partial charge in [0.05, 0.1) is 18.9 Å². The normalized spacial score (nSPS) is 22.0. The van der Waals surface area contributed by atoms with Crippen LogP contribution >= 0.6 is 0 Å². The second kappa shape index (κ2) is 8.71. The summed E-state index contributed by atoms with van der Waals surface area (Å²) in [5, 5.41) is 9.11. The summed E-state index contributed by atoms with van der Waals surface area (Å²) in [5.74, 6) is 2.82. The number of nitrogens with zero attached hydrogens (tertiary/aromatic N) is 7. The average Bonchev–Trinajstić information content (AvgIpc) is 2.84. The molecule has 30 heavy (non-hydrogen) atoms. The largest absolute Gasteiger partial charge is 0.378 e. The first-order valence-corrected chi connectivity index (χ1v) is 11.3. The predicted octanol–water partition coefficient (Wildman–Crippen LogP) is 2.09. The number of hydrogen-bond acceptors (Lipinski definition) is 8. The van der Waals surface area contributed by atoms with Crippen molar-refractivity contribution in [1.29, 1.82) is 0 Å². The van der Waals surface area contributed by atoms with Gasteiger partial charge in [-0.05, 0) is 56.2 Å². The number of anilines is 3. The highest BCUT2D eigenvalue weighted by molar-refractivity contribution is 5.47. The third-order valence-corrected chi connectivity index (χ3v) is 6.61. The minimum Gasteiger partial charge on any atom is -0.378 e. The molecule has 2 aromatic heterocycles. The third kappa shape index (κ3) is 4.05. The molecular formula is C22H31N7O. The van der Waals surface area contributed by atoms with Gasteiger partial charge in [-0.25, -0.2) is 4.98 Å². The Morgan fingerprint density at radius 2 is 1.90 bits per heavy atom. The maximum Gasteiger partial charge on any atom is 0.227 e. The number of aryl methyl sites for hydroxylation is 2. The molecule has 0 spiro atoms. The highest BCUT2D eigenvalue weighted by Gasteiger charge is 2.26. The van der Waals surface area contributed by atoms with E-state index in [9.17, 15) is 0 Å². The molecule has 3 aliphatic rings. The van der Waals surface area contributed by atoms with Gasteiger partial charge in [-0.3, -0.25) is 0 Å². The van der Waals surface area contributed by atoms with Crippen molar-refractivity contribution in [2.45, 2.75) is 44.6 Å². The number of likely N-dealkylation sites (N-methyl/N-ethyl adjacent to an activating group) is 1. The number of hydrogen-bond donors (Lipinski definition) is 0. The zero-order valence-corrected chi connectivity index (χ0v) is 17.8. The van der Waals surface area contributed by atoms with Gasteiger partial charge in [0.2, 0.25) is 5.95 Å². The fraction of sp³-hybridized carbons (Fsp3) is 0.636. The molecule has 2 saturated heterocycles. The molecule has 8 nitrogen and oxygen atoms in total. The van der Waals surface area contributed by atoms with Gasteiger partial charge in [-0.15, -0.1) is 5.10 Å². The molecule has 2 aromatic rings. The zero-order chi connectivity index (χ0) is 20.3. The van der Waals surface area contributed by atoms with Crippen molar-refractivity contribution in [3.63, 3.8) is 0 Å². The van der Waals surface area contributed by atoms with Crippen molar-refractivity contribution in [1.82, 2.24) is 20.2 Å². The Bertz CT molecular complexity index is 870. The molecule has 2 fully saturated rings.